The Morgan fingerprint density at radius 1 is 1.20 bits per heavy atom. The molecule has 2 rings (SSSR count). The Labute approximate surface area is 122 Å². The van der Waals surface area contributed by atoms with Gasteiger partial charge in [-0.05, 0) is 50.6 Å². The highest BCUT2D eigenvalue weighted by molar-refractivity contribution is 5.56. The van der Waals surface area contributed by atoms with Crippen LogP contribution in [0.2, 0.25) is 0 Å². The molecule has 1 heterocycles. The first-order chi connectivity index (χ1) is 9.81. The third kappa shape index (κ3) is 4.39. The number of anilines is 1. The molecule has 1 saturated heterocycles. The largest absolute Gasteiger partial charge is 0.491 e. The fourth-order valence-electron chi connectivity index (χ4n) is 2.52. The van der Waals surface area contributed by atoms with E-state index in [0.29, 0.717) is 13.2 Å². The van der Waals surface area contributed by atoms with Gasteiger partial charge in [0.1, 0.15) is 12.4 Å². The van der Waals surface area contributed by atoms with Crippen LogP contribution in [0.3, 0.4) is 0 Å². The fourth-order valence-corrected chi connectivity index (χ4v) is 2.52. The lowest BCUT2D eigenvalue weighted by atomic mass is 10.1. The van der Waals surface area contributed by atoms with Crippen LogP contribution in [-0.4, -0.2) is 46.0 Å². The number of ether oxygens (including phenoxy) is 2. The molecule has 0 atom stereocenters. The highest BCUT2D eigenvalue weighted by Gasteiger charge is 2.12. The van der Waals surface area contributed by atoms with E-state index in [2.05, 4.69) is 35.3 Å². The number of benzene rings is 1. The summed E-state index contributed by atoms with van der Waals surface area (Å²) in [6.45, 7) is 10.5. The predicted molar refractivity (Wildman–Crippen MR) is 82.9 cm³/mol. The summed E-state index contributed by atoms with van der Waals surface area (Å²) in [6.07, 6.45) is 1.20. The zero-order valence-corrected chi connectivity index (χ0v) is 12.7. The molecule has 4 heteroatoms. The Morgan fingerprint density at radius 2 is 2.10 bits per heavy atom. The smallest absolute Gasteiger partial charge is 0.119 e. The first-order valence-corrected chi connectivity index (χ1v) is 7.58. The molecule has 0 spiro atoms. The van der Waals surface area contributed by atoms with E-state index >= 15 is 0 Å². The molecule has 112 valence electrons. The normalized spacial score (nSPS) is 16.0. The average Bonchev–Trinajstić information content (AvgIpc) is 2.73. The molecule has 0 unspecified atom stereocenters. The van der Waals surface area contributed by atoms with Gasteiger partial charge in [0, 0.05) is 31.9 Å². The molecule has 0 amide bonds. The van der Waals surface area contributed by atoms with Gasteiger partial charge in [-0.3, -0.25) is 0 Å². The molecule has 1 aliphatic rings. The molecule has 20 heavy (non-hydrogen) atoms. The van der Waals surface area contributed by atoms with E-state index in [4.69, 9.17) is 9.47 Å². The summed E-state index contributed by atoms with van der Waals surface area (Å²) < 4.78 is 11.0. The molecule has 4 nitrogen and oxygen atoms in total. The molecular weight excluding hydrogens is 252 g/mol. The van der Waals surface area contributed by atoms with E-state index < -0.39 is 0 Å². The van der Waals surface area contributed by atoms with Gasteiger partial charge in [0.15, 0.2) is 0 Å². The fraction of sp³-hybridized carbons (Fsp3) is 0.625. The van der Waals surface area contributed by atoms with E-state index in [1.807, 2.05) is 6.92 Å². The standard InChI is InChI=1S/C16H26N2O2/c1-3-19-11-12-20-15-5-6-16(14(2)13-15)18-9-4-7-17-8-10-18/h5-6,13,17H,3-4,7-12H2,1-2H3. The van der Waals surface area contributed by atoms with E-state index in [1.54, 1.807) is 0 Å². The third-order valence-corrected chi connectivity index (χ3v) is 3.55. The molecule has 0 aliphatic carbocycles. The molecule has 1 fully saturated rings. The highest BCUT2D eigenvalue weighted by atomic mass is 16.5. The second-order valence-corrected chi connectivity index (χ2v) is 5.08. The summed E-state index contributed by atoms with van der Waals surface area (Å²) in [4.78, 5) is 2.46. The summed E-state index contributed by atoms with van der Waals surface area (Å²) in [7, 11) is 0. The van der Waals surface area contributed by atoms with Crippen molar-refractivity contribution < 1.29 is 9.47 Å². The van der Waals surface area contributed by atoms with Gasteiger partial charge in [-0.1, -0.05) is 0 Å². The maximum atomic E-state index is 5.70. The van der Waals surface area contributed by atoms with Gasteiger partial charge < -0.3 is 19.7 Å². The molecule has 0 aromatic heterocycles. The van der Waals surface area contributed by atoms with Crippen LogP contribution < -0.4 is 15.0 Å². The maximum Gasteiger partial charge on any atom is 0.119 e. The van der Waals surface area contributed by atoms with Gasteiger partial charge in [0.25, 0.3) is 0 Å². The second kappa shape index (κ2) is 8.12. The Balaban J connectivity index is 1.94. The van der Waals surface area contributed by atoms with Crippen molar-refractivity contribution >= 4 is 5.69 Å². The lowest BCUT2D eigenvalue weighted by molar-refractivity contribution is 0.110. The predicted octanol–water partition coefficient (Wildman–Crippen LogP) is 2.21. The minimum absolute atomic E-state index is 0.611. The van der Waals surface area contributed by atoms with Crippen LogP contribution in [0, 0.1) is 6.92 Å². The van der Waals surface area contributed by atoms with Crippen molar-refractivity contribution in [2.75, 3.05) is 50.9 Å². The molecule has 0 radical (unpaired) electrons. The quantitative estimate of drug-likeness (QED) is 0.809. The summed E-state index contributed by atoms with van der Waals surface area (Å²) in [5.74, 6) is 0.930. The van der Waals surface area contributed by atoms with Gasteiger partial charge in [0.05, 0.1) is 6.61 Å². The number of nitrogens with zero attached hydrogens (tertiary/aromatic N) is 1. The Bertz CT molecular complexity index is 401. The Hall–Kier alpha value is -1.26. The van der Waals surface area contributed by atoms with Crippen LogP contribution in [0.1, 0.15) is 18.9 Å². The molecule has 0 saturated carbocycles. The number of rotatable bonds is 6. The Kier molecular flexibility index (Phi) is 6.15. The minimum atomic E-state index is 0.611. The molecule has 1 aromatic carbocycles. The summed E-state index contributed by atoms with van der Waals surface area (Å²) in [5.41, 5.74) is 2.60. The van der Waals surface area contributed by atoms with Crippen molar-refractivity contribution in [1.29, 1.82) is 0 Å². The van der Waals surface area contributed by atoms with Crippen molar-refractivity contribution in [1.82, 2.24) is 5.32 Å². The topological polar surface area (TPSA) is 33.7 Å². The van der Waals surface area contributed by atoms with Gasteiger partial charge in [-0.25, -0.2) is 0 Å². The van der Waals surface area contributed by atoms with E-state index in [0.717, 1.165) is 38.5 Å². The zero-order valence-electron chi connectivity index (χ0n) is 12.7. The summed E-state index contributed by atoms with van der Waals surface area (Å²) >= 11 is 0. The number of hydrogen-bond donors (Lipinski definition) is 1. The van der Waals surface area contributed by atoms with E-state index in [-0.39, 0.29) is 0 Å². The number of aryl methyl sites for hydroxylation is 1. The Morgan fingerprint density at radius 3 is 2.90 bits per heavy atom. The molecular formula is C16H26N2O2. The van der Waals surface area contributed by atoms with Crippen LogP contribution in [0.15, 0.2) is 18.2 Å². The average molecular weight is 278 g/mol. The van der Waals surface area contributed by atoms with Crippen LogP contribution in [0.25, 0.3) is 0 Å². The van der Waals surface area contributed by atoms with Gasteiger partial charge in [0.2, 0.25) is 0 Å². The zero-order chi connectivity index (χ0) is 14.2. The monoisotopic (exact) mass is 278 g/mol. The van der Waals surface area contributed by atoms with Gasteiger partial charge >= 0.3 is 0 Å². The van der Waals surface area contributed by atoms with E-state index in [9.17, 15) is 0 Å². The first kappa shape index (κ1) is 15.1. The lowest BCUT2D eigenvalue weighted by Crippen LogP contribution is -2.28. The van der Waals surface area contributed by atoms with E-state index in [1.165, 1.54) is 17.7 Å². The van der Waals surface area contributed by atoms with Crippen molar-refractivity contribution in [2.24, 2.45) is 0 Å². The van der Waals surface area contributed by atoms with Crippen LogP contribution in [0.4, 0.5) is 5.69 Å². The summed E-state index contributed by atoms with van der Waals surface area (Å²) in [6, 6.07) is 6.36. The number of nitrogens with one attached hydrogen (secondary N) is 1. The highest BCUT2D eigenvalue weighted by Crippen LogP contribution is 2.25. The SMILES string of the molecule is CCOCCOc1ccc(N2CCCNCC2)c(C)c1. The molecule has 0 bridgehead atoms. The van der Waals surface area contributed by atoms with Crippen molar-refractivity contribution in [3.8, 4) is 5.75 Å². The van der Waals surface area contributed by atoms with Crippen molar-refractivity contribution in [2.45, 2.75) is 20.3 Å². The number of hydrogen-bond acceptors (Lipinski definition) is 4. The lowest BCUT2D eigenvalue weighted by Gasteiger charge is -2.24. The molecule has 1 aliphatic heterocycles. The van der Waals surface area contributed by atoms with Crippen LogP contribution in [-0.2, 0) is 4.74 Å². The first-order valence-electron chi connectivity index (χ1n) is 7.58. The summed E-state index contributed by atoms with van der Waals surface area (Å²) in [5, 5.41) is 3.44. The van der Waals surface area contributed by atoms with Crippen LogP contribution in [0.5, 0.6) is 5.75 Å². The molecule has 1 aromatic rings. The van der Waals surface area contributed by atoms with Crippen molar-refractivity contribution in [3.63, 3.8) is 0 Å². The second-order valence-electron chi connectivity index (χ2n) is 5.08. The van der Waals surface area contributed by atoms with Gasteiger partial charge in [-0.15, -0.1) is 0 Å². The maximum absolute atomic E-state index is 5.70. The third-order valence-electron chi connectivity index (χ3n) is 3.55. The molecule has 1 N–H and O–H groups in total. The van der Waals surface area contributed by atoms with Gasteiger partial charge in [-0.2, -0.15) is 0 Å². The van der Waals surface area contributed by atoms with Crippen LogP contribution >= 0.6 is 0 Å². The minimum Gasteiger partial charge on any atom is -0.491 e. The van der Waals surface area contributed by atoms with Crippen molar-refractivity contribution in [3.05, 3.63) is 23.8 Å².